The summed E-state index contributed by atoms with van der Waals surface area (Å²) >= 11 is 0. The van der Waals surface area contributed by atoms with Crippen LogP contribution in [-0.2, 0) is 21.7 Å². The summed E-state index contributed by atoms with van der Waals surface area (Å²) in [4.78, 5) is 0. The molecule has 0 atom stereocenters. The molecule has 0 amide bonds. The van der Waals surface area contributed by atoms with Crippen LogP contribution < -0.4 is 0 Å². The average molecular weight is 203 g/mol. The van der Waals surface area contributed by atoms with Crippen molar-refractivity contribution in [2.75, 3.05) is 14.2 Å². The van der Waals surface area contributed by atoms with E-state index in [1.54, 1.807) is 0 Å². The van der Waals surface area contributed by atoms with E-state index in [1.807, 2.05) is 30.3 Å². The van der Waals surface area contributed by atoms with Gasteiger partial charge in [0, 0.05) is 35.9 Å². The number of hydrogen-bond donors (Lipinski definition) is 2. The van der Waals surface area contributed by atoms with Crippen molar-refractivity contribution in [3.63, 3.8) is 0 Å². The zero-order valence-corrected chi connectivity index (χ0v) is 9.05. The largest absolute Gasteiger partial charge is 0.400 e. The second kappa shape index (κ2) is 17.0. The van der Waals surface area contributed by atoms with E-state index in [4.69, 9.17) is 10.2 Å². The van der Waals surface area contributed by atoms with Crippen LogP contribution in [0.1, 0.15) is 5.56 Å². The average Bonchev–Trinajstić information content (AvgIpc) is 2.13. The van der Waals surface area contributed by atoms with Gasteiger partial charge >= 0.3 is 0 Å². The van der Waals surface area contributed by atoms with Gasteiger partial charge in [0.05, 0.1) is 0 Å². The van der Waals surface area contributed by atoms with Gasteiger partial charge in [0.1, 0.15) is 0 Å². The molecule has 12 heavy (non-hydrogen) atoms. The molecule has 2 N–H and O–H groups in total. The molecule has 0 saturated carbocycles. The van der Waals surface area contributed by atoms with Gasteiger partial charge in [-0.25, -0.2) is 0 Å². The van der Waals surface area contributed by atoms with Crippen LogP contribution in [0.3, 0.4) is 0 Å². The van der Waals surface area contributed by atoms with Crippen molar-refractivity contribution in [1.82, 2.24) is 0 Å². The quantitative estimate of drug-likeness (QED) is 0.489. The van der Waals surface area contributed by atoms with Gasteiger partial charge in [-0.3, -0.25) is 0 Å². The van der Waals surface area contributed by atoms with Crippen LogP contribution in [0, 0.1) is 6.92 Å². The number of rotatable bonds is 0. The Morgan fingerprint density at radius 3 is 1.42 bits per heavy atom. The van der Waals surface area contributed by atoms with Crippen LogP contribution in [0.4, 0.5) is 0 Å². The normalized spacial score (nSPS) is 6.00. The summed E-state index contributed by atoms with van der Waals surface area (Å²) < 4.78 is 0. The summed E-state index contributed by atoms with van der Waals surface area (Å²) in [5, 5.41) is 14.0. The first kappa shape index (κ1) is 17.7. The van der Waals surface area contributed by atoms with Gasteiger partial charge in [-0.05, 0) is 0 Å². The van der Waals surface area contributed by atoms with E-state index in [9.17, 15) is 0 Å². The van der Waals surface area contributed by atoms with Gasteiger partial charge in [0.15, 0.2) is 0 Å². The second-order valence-electron chi connectivity index (χ2n) is 1.49. The Balaban J connectivity index is -0.000000144. The molecule has 0 bridgehead atoms. The molecule has 0 saturated heterocycles. The Labute approximate surface area is 89.1 Å². The van der Waals surface area contributed by atoms with Gasteiger partial charge in [-0.15, -0.1) is 12.1 Å². The summed E-state index contributed by atoms with van der Waals surface area (Å²) in [5.41, 5.74) is 1.07. The van der Waals surface area contributed by atoms with Crippen LogP contribution in [0.25, 0.3) is 0 Å². The Morgan fingerprint density at radius 1 is 0.917 bits per heavy atom. The predicted octanol–water partition coefficient (Wildman–Crippen LogP) is 1.08. The third-order valence-corrected chi connectivity index (χ3v) is 0.843. The molecular formula is C9H15O2Ti-. The SMILES string of the molecule is CO.CO.[CH2-]c1ccccc1.[Ti]. The molecule has 2 nitrogen and oxygen atoms in total. The minimum Gasteiger partial charge on any atom is -0.400 e. The summed E-state index contributed by atoms with van der Waals surface area (Å²) in [7, 11) is 2.00. The molecule has 0 aliphatic carbocycles. The molecule has 0 aliphatic heterocycles. The maximum atomic E-state index is 7.00. The molecule has 1 aromatic rings. The van der Waals surface area contributed by atoms with Crippen molar-refractivity contribution < 1.29 is 31.9 Å². The van der Waals surface area contributed by atoms with E-state index < -0.39 is 0 Å². The van der Waals surface area contributed by atoms with Crippen LogP contribution in [0.2, 0.25) is 0 Å². The summed E-state index contributed by atoms with van der Waals surface area (Å²) in [6, 6.07) is 9.87. The van der Waals surface area contributed by atoms with Crippen LogP contribution in [-0.4, -0.2) is 24.4 Å². The fraction of sp³-hybridized carbons (Fsp3) is 0.222. The molecule has 0 aliphatic rings. The molecule has 68 valence electrons. The maximum Gasteiger partial charge on any atom is 0.0319 e. The van der Waals surface area contributed by atoms with E-state index in [-0.39, 0.29) is 21.7 Å². The molecular weight excluding hydrogens is 188 g/mol. The van der Waals surface area contributed by atoms with Crippen LogP contribution in [0.5, 0.6) is 0 Å². The second-order valence-corrected chi connectivity index (χ2v) is 1.49. The van der Waals surface area contributed by atoms with E-state index in [0.717, 1.165) is 19.8 Å². The van der Waals surface area contributed by atoms with Gasteiger partial charge in [0.25, 0.3) is 0 Å². The van der Waals surface area contributed by atoms with E-state index >= 15 is 0 Å². The van der Waals surface area contributed by atoms with Crippen LogP contribution >= 0.6 is 0 Å². The standard InChI is InChI=1S/C7H7.2CH4O.Ti/c1-7-5-3-2-4-6-7;2*1-2;/h2-6H,1H2;2*2H,1H3;/q-1;;;. The zero-order valence-electron chi connectivity index (χ0n) is 7.49. The zero-order chi connectivity index (χ0) is 9.11. The van der Waals surface area contributed by atoms with E-state index in [1.165, 1.54) is 0 Å². The molecule has 0 radical (unpaired) electrons. The number of aliphatic hydroxyl groups excluding tert-OH is 2. The minimum atomic E-state index is 0. The van der Waals surface area contributed by atoms with Crippen molar-refractivity contribution in [2.24, 2.45) is 0 Å². The number of hydrogen-bond acceptors (Lipinski definition) is 2. The first-order valence-corrected chi connectivity index (χ1v) is 3.16. The first-order valence-electron chi connectivity index (χ1n) is 3.16. The smallest absolute Gasteiger partial charge is 0.0319 e. The summed E-state index contributed by atoms with van der Waals surface area (Å²) in [6.07, 6.45) is 0. The first-order chi connectivity index (χ1) is 5.39. The number of aliphatic hydroxyl groups is 2. The fourth-order valence-corrected chi connectivity index (χ4v) is 0.478. The van der Waals surface area contributed by atoms with Crippen molar-refractivity contribution in [2.45, 2.75) is 0 Å². The summed E-state index contributed by atoms with van der Waals surface area (Å²) in [6.45, 7) is 3.72. The molecule has 3 heteroatoms. The molecule has 1 rings (SSSR count). The third kappa shape index (κ3) is 12.4. The Bertz CT molecular complexity index is 142. The van der Waals surface area contributed by atoms with Crippen molar-refractivity contribution in [3.8, 4) is 0 Å². The van der Waals surface area contributed by atoms with Gasteiger partial charge in [-0.1, -0.05) is 6.07 Å². The van der Waals surface area contributed by atoms with Crippen molar-refractivity contribution in [3.05, 3.63) is 42.8 Å². The molecule has 0 unspecified atom stereocenters. The Kier molecular flexibility index (Phi) is 25.1. The third-order valence-electron chi connectivity index (χ3n) is 0.843. The fourth-order valence-electron chi connectivity index (χ4n) is 0.478. The predicted molar refractivity (Wildman–Crippen MR) is 47.2 cm³/mol. The molecule has 1 aromatic carbocycles. The van der Waals surface area contributed by atoms with E-state index in [2.05, 4.69) is 6.92 Å². The molecule has 0 fully saturated rings. The molecule has 0 heterocycles. The van der Waals surface area contributed by atoms with Crippen molar-refractivity contribution >= 4 is 0 Å². The topological polar surface area (TPSA) is 40.5 Å². The Morgan fingerprint density at radius 2 is 1.25 bits per heavy atom. The van der Waals surface area contributed by atoms with Crippen LogP contribution in [0.15, 0.2) is 30.3 Å². The van der Waals surface area contributed by atoms with Gasteiger partial charge in [-0.2, -0.15) is 24.6 Å². The summed E-state index contributed by atoms with van der Waals surface area (Å²) in [5.74, 6) is 0. The molecule has 0 aromatic heterocycles. The number of benzene rings is 1. The maximum absolute atomic E-state index is 7.00. The van der Waals surface area contributed by atoms with E-state index in [0.29, 0.717) is 0 Å². The van der Waals surface area contributed by atoms with Gasteiger partial charge in [0.2, 0.25) is 0 Å². The van der Waals surface area contributed by atoms with Gasteiger partial charge < -0.3 is 10.2 Å². The Hall–Kier alpha value is -0.276. The minimum absolute atomic E-state index is 0. The molecule has 0 spiro atoms. The van der Waals surface area contributed by atoms with Crippen molar-refractivity contribution in [1.29, 1.82) is 0 Å². The monoisotopic (exact) mass is 203 g/mol.